The van der Waals surface area contributed by atoms with Gasteiger partial charge in [0.2, 0.25) is 14.7 Å². The molecule has 1 rings (SSSR count). The van der Waals surface area contributed by atoms with Crippen molar-refractivity contribution in [2.24, 2.45) is 11.5 Å². The largest absolute Gasteiger partial charge is 0.367 e. The summed E-state index contributed by atoms with van der Waals surface area (Å²) < 4.78 is 59.9. The van der Waals surface area contributed by atoms with Crippen LogP contribution in [0.15, 0.2) is 35.2 Å². The van der Waals surface area contributed by atoms with Crippen LogP contribution in [0.5, 0.6) is 0 Å². The van der Waals surface area contributed by atoms with Gasteiger partial charge < -0.3 is 11.5 Å². The maximum absolute atomic E-state index is 12.9. The molecule has 0 spiro atoms. The lowest BCUT2D eigenvalue weighted by Gasteiger charge is -2.28. The summed E-state index contributed by atoms with van der Waals surface area (Å²) in [5.74, 6) is -2.71. The van der Waals surface area contributed by atoms with Gasteiger partial charge in [0.1, 0.15) is 0 Å². The minimum atomic E-state index is -4.58. The molecule has 1 amide bonds. The number of hydrogen-bond donors (Lipinski definition) is 2. The van der Waals surface area contributed by atoms with E-state index < -0.39 is 41.4 Å². The highest BCUT2D eigenvalue weighted by molar-refractivity contribution is 7.97. The molecule has 0 saturated carbocycles. The SMILES string of the molecule is [2H]C(CCC)(CCC)S(=O)(=O)C[C@](N)(C(N)=O)S(=O)(=O)c1ccccc1. The first-order valence-corrected chi connectivity index (χ1v) is 11.1. The number of amides is 1. The summed E-state index contributed by atoms with van der Waals surface area (Å²) in [5, 5.41) is -1.93. The van der Waals surface area contributed by atoms with Gasteiger partial charge in [-0.25, -0.2) is 16.8 Å². The first-order valence-electron chi connectivity index (χ1n) is 8.48. The summed E-state index contributed by atoms with van der Waals surface area (Å²) in [5.41, 5.74) is 11.0. The molecule has 7 nitrogen and oxygen atoms in total. The zero-order valence-corrected chi connectivity index (χ0v) is 16.1. The molecule has 1 atom stereocenters. The lowest BCUT2D eigenvalue weighted by atomic mass is 10.2. The molecule has 0 fully saturated rings. The highest BCUT2D eigenvalue weighted by Crippen LogP contribution is 2.26. The molecule has 0 saturated heterocycles. The molecular weight excluding hydrogens is 364 g/mol. The molecule has 0 aliphatic heterocycles. The molecule has 0 aromatic heterocycles. The maximum Gasteiger partial charge on any atom is 0.254 e. The van der Waals surface area contributed by atoms with Gasteiger partial charge in [-0.15, -0.1) is 0 Å². The molecular formula is C16H26N2O5S2. The third kappa shape index (κ3) is 4.59. The fraction of sp³-hybridized carbons (Fsp3) is 0.562. The Morgan fingerprint density at radius 2 is 1.60 bits per heavy atom. The van der Waals surface area contributed by atoms with E-state index >= 15 is 0 Å². The van der Waals surface area contributed by atoms with Gasteiger partial charge in [-0.2, -0.15) is 0 Å². The molecule has 4 N–H and O–H groups in total. The van der Waals surface area contributed by atoms with Crippen molar-refractivity contribution in [3.63, 3.8) is 0 Å². The third-order valence-corrected chi connectivity index (χ3v) is 8.36. The molecule has 0 aliphatic rings. The van der Waals surface area contributed by atoms with Crippen LogP contribution in [0.1, 0.15) is 40.9 Å². The standard InChI is InChI=1S/C16H26N2O5S2/c1-3-8-13(9-4-2)24(20,21)12-16(18,15(17)19)25(22,23)14-10-6-5-7-11-14/h5-7,10-11,13H,3-4,8-9,12,18H2,1-2H3,(H2,17,19)/t16-/m1/s1/i13D. The van der Waals surface area contributed by atoms with Crippen molar-refractivity contribution in [3.8, 4) is 0 Å². The summed E-state index contributed by atoms with van der Waals surface area (Å²) in [6.07, 6.45) is 0.817. The predicted octanol–water partition coefficient (Wildman–Crippen LogP) is 0.984. The number of primary amides is 1. The van der Waals surface area contributed by atoms with Gasteiger partial charge in [-0.1, -0.05) is 44.9 Å². The van der Waals surface area contributed by atoms with Gasteiger partial charge in [0.15, 0.2) is 9.84 Å². The van der Waals surface area contributed by atoms with Crippen LogP contribution in [0.4, 0.5) is 0 Å². The van der Waals surface area contributed by atoms with E-state index in [4.69, 9.17) is 12.8 Å². The zero-order chi connectivity index (χ0) is 20.2. The molecule has 0 radical (unpaired) electrons. The average Bonchev–Trinajstić information content (AvgIpc) is 2.55. The van der Waals surface area contributed by atoms with E-state index in [-0.39, 0.29) is 17.7 Å². The van der Waals surface area contributed by atoms with Crippen molar-refractivity contribution < 1.29 is 23.0 Å². The Bertz CT molecular complexity index is 835. The van der Waals surface area contributed by atoms with Gasteiger partial charge in [-0.05, 0) is 25.0 Å². The fourth-order valence-electron chi connectivity index (χ4n) is 2.47. The van der Waals surface area contributed by atoms with E-state index in [0.29, 0.717) is 12.8 Å². The minimum absolute atomic E-state index is 0.00337. The number of carbonyl (C=O) groups is 1. The Balaban J connectivity index is 3.49. The second-order valence-electron chi connectivity index (χ2n) is 5.87. The summed E-state index contributed by atoms with van der Waals surface area (Å²) in [6, 6.07) is 6.82. The highest BCUT2D eigenvalue weighted by atomic mass is 32.2. The first-order chi connectivity index (χ1) is 11.9. The summed E-state index contributed by atoms with van der Waals surface area (Å²) in [6.45, 7) is 3.44. The molecule has 0 bridgehead atoms. The van der Waals surface area contributed by atoms with Crippen molar-refractivity contribution in [1.82, 2.24) is 0 Å². The van der Waals surface area contributed by atoms with E-state index in [2.05, 4.69) is 0 Å². The van der Waals surface area contributed by atoms with Crippen LogP contribution in [0, 0.1) is 0 Å². The van der Waals surface area contributed by atoms with Crippen LogP contribution in [-0.2, 0) is 24.5 Å². The lowest BCUT2D eigenvalue weighted by molar-refractivity contribution is -0.119. The van der Waals surface area contributed by atoms with E-state index in [0.717, 1.165) is 0 Å². The Kier molecular flexibility index (Phi) is 6.59. The quantitative estimate of drug-likeness (QED) is 0.610. The number of hydrogen-bond acceptors (Lipinski definition) is 6. The Morgan fingerprint density at radius 1 is 1.12 bits per heavy atom. The van der Waals surface area contributed by atoms with Crippen LogP contribution in [0.2, 0.25) is 0 Å². The highest BCUT2D eigenvalue weighted by Gasteiger charge is 2.51. The van der Waals surface area contributed by atoms with Gasteiger partial charge in [-0.3, -0.25) is 4.79 Å². The Morgan fingerprint density at radius 3 is 2.00 bits per heavy atom. The number of rotatable bonds is 10. The van der Waals surface area contributed by atoms with Crippen LogP contribution in [0.25, 0.3) is 0 Å². The number of nitrogens with two attached hydrogens (primary N) is 2. The maximum atomic E-state index is 12.9. The number of sulfone groups is 2. The first kappa shape index (κ1) is 19.9. The average molecular weight is 392 g/mol. The van der Waals surface area contributed by atoms with E-state index in [9.17, 15) is 21.6 Å². The summed E-state index contributed by atoms with van der Waals surface area (Å²) in [4.78, 5) is 8.79. The third-order valence-electron chi connectivity index (χ3n) is 3.85. The van der Waals surface area contributed by atoms with Gasteiger partial charge in [0.25, 0.3) is 5.91 Å². The number of carbonyl (C=O) groups excluding carboxylic acids is 1. The molecule has 0 heterocycles. The van der Waals surface area contributed by atoms with Crippen LogP contribution in [0.3, 0.4) is 0 Å². The Labute approximate surface area is 151 Å². The molecule has 1 aromatic rings. The van der Waals surface area contributed by atoms with Crippen molar-refractivity contribution in [3.05, 3.63) is 30.3 Å². The number of benzene rings is 1. The Hall–Kier alpha value is -1.45. The zero-order valence-electron chi connectivity index (χ0n) is 15.4. The molecule has 9 heteroatoms. The van der Waals surface area contributed by atoms with Crippen molar-refractivity contribution >= 4 is 25.6 Å². The normalized spacial score (nSPS) is 16.0. The summed E-state index contributed by atoms with van der Waals surface area (Å²) in [7, 11) is -8.96. The van der Waals surface area contributed by atoms with Crippen molar-refractivity contribution in [1.29, 1.82) is 0 Å². The second kappa shape index (κ2) is 8.29. The van der Waals surface area contributed by atoms with E-state index in [1.54, 1.807) is 19.9 Å². The van der Waals surface area contributed by atoms with Crippen LogP contribution in [-0.4, -0.2) is 38.6 Å². The van der Waals surface area contributed by atoms with Crippen molar-refractivity contribution in [2.45, 2.75) is 54.5 Å². The smallest absolute Gasteiger partial charge is 0.254 e. The topological polar surface area (TPSA) is 137 Å². The summed E-state index contributed by atoms with van der Waals surface area (Å²) >= 11 is 0. The second-order valence-corrected chi connectivity index (χ2v) is 10.2. The van der Waals surface area contributed by atoms with Crippen LogP contribution < -0.4 is 11.5 Å². The predicted molar refractivity (Wildman–Crippen MR) is 97.1 cm³/mol. The molecule has 0 aliphatic carbocycles. The van der Waals surface area contributed by atoms with E-state index in [1.165, 1.54) is 24.3 Å². The van der Waals surface area contributed by atoms with Crippen LogP contribution >= 0.6 is 0 Å². The van der Waals surface area contributed by atoms with Crippen molar-refractivity contribution in [2.75, 3.05) is 5.75 Å². The fourth-order valence-corrected chi connectivity index (χ4v) is 6.70. The molecule has 1 aromatic carbocycles. The molecule has 142 valence electrons. The molecule has 0 unspecified atom stereocenters. The minimum Gasteiger partial charge on any atom is -0.367 e. The van der Waals surface area contributed by atoms with Gasteiger partial charge in [0, 0.05) is 1.37 Å². The van der Waals surface area contributed by atoms with Gasteiger partial charge >= 0.3 is 0 Å². The van der Waals surface area contributed by atoms with E-state index in [1.807, 2.05) is 0 Å². The monoisotopic (exact) mass is 391 g/mol. The molecule has 25 heavy (non-hydrogen) atoms. The lowest BCUT2D eigenvalue weighted by Crippen LogP contribution is -2.62. The van der Waals surface area contributed by atoms with Gasteiger partial charge in [0.05, 0.1) is 15.9 Å².